The van der Waals surface area contributed by atoms with Crippen LogP contribution in [0.4, 0.5) is 0 Å². The third-order valence-electron chi connectivity index (χ3n) is 5.03. The molecule has 0 fully saturated rings. The van der Waals surface area contributed by atoms with Crippen LogP contribution in [0.5, 0.6) is 0 Å². The third-order valence-corrected chi connectivity index (χ3v) is 6.74. The van der Waals surface area contributed by atoms with Gasteiger partial charge in [0.15, 0.2) is 5.78 Å². The van der Waals surface area contributed by atoms with Gasteiger partial charge in [-0.25, -0.2) is 4.79 Å². The highest BCUT2D eigenvalue weighted by atomic mass is 35.5. The fourth-order valence-corrected chi connectivity index (χ4v) is 4.91. The molecule has 5 nitrogen and oxygen atoms in total. The molecule has 0 aliphatic rings. The molecule has 3 aromatic carbocycles. The fraction of sp³-hybridized carbons (Fsp3) is 0.0800. The van der Waals surface area contributed by atoms with Gasteiger partial charge in [-0.3, -0.25) is 9.59 Å². The molecular weight excluding hydrogens is 446 g/mol. The van der Waals surface area contributed by atoms with E-state index in [-0.39, 0.29) is 30.2 Å². The monoisotopic (exact) mass is 463 g/mol. The first-order valence-electron chi connectivity index (χ1n) is 9.82. The molecule has 1 aromatic heterocycles. The lowest BCUT2D eigenvalue weighted by Crippen LogP contribution is -2.23. The maximum absolute atomic E-state index is 13.0. The minimum atomic E-state index is -1.12. The van der Waals surface area contributed by atoms with Gasteiger partial charge in [-0.05, 0) is 35.4 Å². The van der Waals surface area contributed by atoms with Crippen LogP contribution in [-0.2, 0) is 13.0 Å². The minimum absolute atomic E-state index is 0.0497. The molecule has 1 heterocycles. The number of hydrogen-bond donors (Lipinski definition) is 2. The van der Waals surface area contributed by atoms with Crippen LogP contribution in [0.2, 0.25) is 5.02 Å². The van der Waals surface area contributed by atoms with Gasteiger partial charge in [0.05, 0.1) is 15.5 Å². The normalized spacial score (nSPS) is 10.8. The van der Waals surface area contributed by atoms with E-state index in [9.17, 15) is 19.5 Å². The Balaban J connectivity index is 1.56. The molecule has 4 aromatic rings. The largest absolute Gasteiger partial charge is 0.478 e. The quantitative estimate of drug-likeness (QED) is 0.349. The predicted molar refractivity (Wildman–Crippen MR) is 126 cm³/mol. The van der Waals surface area contributed by atoms with E-state index in [1.807, 2.05) is 30.3 Å². The molecule has 32 heavy (non-hydrogen) atoms. The summed E-state index contributed by atoms with van der Waals surface area (Å²) in [5.74, 6) is -1.60. The lowest BCUT2D eigenvalue weighted by molar-refractivity contribution is 0.0695. The number of carboxylic acid groups (broad SMARTS) is 1. The first-order chi connectivity index (χ1) is 15.4. The Morgan fingerprint density at radius 3 is 2.38 bits per heavy atom. The maximum Gasteiger partial charge on any atom is 0.335 e. The summed E-state index contributed by atoms with van der Waals surface area (Å²) in [6, 6.07) is 21.0. The zero-order valence-electron chi connectivity index (χ0n) is 16.8. The van der Waals surface area contributed by atoms with Gasteiger partial charge in [0.25, 0.3) is 5.91 Å². The summed E-state index contributed by atoms with van der Waals surface area (Å²) >= 11 is 7.72. The molecule has 0 aliphatic carbocycles. The molecule has 7 heteroatoms. The molecule has 4 rings (SSSR count). The van der Waals surface area contributed by atoms with Gasteiger partial charge >= 0.3 is 5.97 Å². The summed E-state index contributed by atoms with van der Waals surface area (Å²) in [6.45, 7) is 0.207. The van der Waals surface area contributed by atoms with E-state index < -0.39 is 5.97 Å². The zero-order valence-corrected chi connectivity index (χ0v) is 18.4. The average Bonchev–Trinajstić information content (AvgIpc) is 3.15. The highest BCUT2D eigenvalue weighted by Gasteiger charge is 2.20. The number of thiophene rings is 1. The molecule has 0 radical (unpaired) electrons. The van der Waals surface area contributed by atoms with Crippen molar-refractivity contribution in [3.05, 3.63) is 105 Å². The summed E-state index contributed by atoms with van der Waals surface area (Å²) in [7, 11) is 0. The third kappa shape index (κ3) is 4.56. The first-order valence-corrected chi connectivity index (χ1v) is 11.0. The van der Waals surface area contributed by atoms with E-state index in [1.165, 1.54) is 17.4 Å². The van der Waals surface area contributed by atoms with Crippen LogP contribution in [0.25, 0.3) is 10.1 Å². The number of carbonyl (C=O) groups excluding carboxylic acids is 2. The zero-order chi connectivity index (χ0) is 22.7. The smallest absolute Gasteiger partial charge is 0.335 e. The summed E-state index contributed by atoms with van der Waals surface area (Å²) in [5.41, 5.74) is 1.66. The van der Waals surface area contributed by atoms with Crippen molar-refractivity contribution in [1.29, 1.82) is 0 Å². The Labute approximate surface area is 193 Å². The molecule has 0 bridgehead atoms. The molecule has 0 spiro atoms. The van der Waals surface area contributed by atoms with Gasteiger partial charge in [-0.15, -0.1) is 11.3 Å². The average molecular weight is 464 g/mol. The van der Waals surface area contributed by atoms with Gasteiger partial charge < -0.3 is 10.4 Å². The van der Waals surface area contributed by atoms with Gasteiger partial charge in [0, 0.05) is 28.6 Å². The summed E-state index contributed by atoms with van der Waals surface area (Å²) < 4.78 is 0.900. The molecule has 0 unspecified atom stereocenters. The van der Waals surface area contributed by atoms with Gasteiger partial charge in [-0.2, -0.15) is 0 Å². The summed E-state index contributed by atoms with van der Waals surface area (Å²) in [4.78, 5) is 37.4. The molecule has 0 aliphatic heterocycles. The second-order valence-corrected chi connectivity index (χ2v) is 8.62. The maximum atomic E-state index is 13.0. The van der Waals surface area contributed by atoms with E-state index in [0.29, 0.717) is 26.6 Å². The van der Waals surface area contributed by atoms with E-state index in [2.05, 4.69) is 5.32 Å². The lowest BCUT2D eigenvalue weighted by Gasteiger charge is -2.10. The van der Waals surface area contributed by atoms with Gasteiger partial charge in [0.1, 0.15) is 0 Å². The Hall–Kier alpha value is -3.48. The predicted octanol–water partition coefficient (Wildman–Crippen LogP) is 5.61. The first kappa shape index (κ1) is 21.7. The topological polar surface area (TPSA) is 83.5 Å². The number of halogens is 1. The van der Waals surface area contributed by atoms with Crippen molar-refractivity contribution >= 4 is 50.7 Å². The lowest BCUT2D eigenvalue weighted by atomic mass is 9.98. The van der Waals surface area contributed by atoms with Crippen molar-refractivity contribution in [1.82, 2.24) is 5.32 Å². The van der Waals surface area contributed by atoms with Crippen molar-refractivity contribution in [3.63, 3.8) is 0 Å². The number of aromatic carboxylic acids is 1. The number of carbonyl (C=O) groups is 3. The van der Waals surface area contributed by atoms with Crippen molar-refractivity contribution in [2.24, 2.45) is 0 Å². The fourth-order valence-electron chi connectivity index (χ4n) is 3.43. The number of benzene rings is 3. The van der Waals surface area contributed by atoms with E-state index >= 15 is 0 Å². The van der Waals surface area contributed by atoms with Crippen molar-refractivity contribution in [2.75, 3.05) is 0 Å². The number of rotatable bonds is 7. The number of ketones is 1. The van der Waals surface area contributed by atoms with Crippen LogP contribution in [0, 0.1) is 0 Å². The van der Waals surface area contributed by atoms with E-state index in [0.717, 1.165) is 10.1 Å². The van der Waals surface area contributed by atoms with Gasteiger partial charge in [-0.1, -0.05) is 60.1 Å². The van der Waals surface area contributed by atoms with Crippen molar-refractivity contribution < 1.29 is 19.5 Å². The molecule has 0 saturated carbocycles. The van der Waals surface area contributed by atoms with Crippen LogP contribution in [0.15, 0.2) is 72.8 Å². The van der Waals surface area contributed by atoms with Crippen LogP contribution in [0.1, 0.15) is 41.5 Å². The summed E-state index contributed by atoms with van der Waals surface area (Å²) in [5, 5.41) is 13.6. The second-order valence-electron chi connectivity index (χ2n) is 7.19. The van der Waals surface area contributed by atoms with Crippen LogP contribution in [-0.4, -0.2) is 22.8 Å². The number of Topliss-reactive ketones (excluding diaryl/α,β-unsaturated/α-hetero) is 1. The molecule has 2 N–H and O–H groups in total. The Morgan fingerprint density at radius 2 is 1.66 bits per heavy atom. The van der Waals surface area contributed by atoms with Crippen molar-refractivity contribution in [3.8, 4) is 0 Å². The molecule has 160 valence electrons. The molecule has 0 saturated heterocycles. The SMILES string of the molecule is O=C(NCc1ccc(C(=O)O)c(CC(=O)c2sc3ccccc3c2Cl)c1)c1ccccc1. The highest BCUT2D eigenvalue weighted by Crippen LogP contribution is 2.36. The minimum Gasteiger partial charge on any atom is -0.478 e. The molecular formula is C25H18ClNO4S. The number of amides is 1. The standard InChI is InChI=1S/C25H18ClNO4S/c26-22-19-8-4-5-9-21(19)32-23(22)20(28)13-17-12-15(10-11-18(17)25(30)31)14-27-24(29)16-6-2-1-3-7-16/h1-12H,13-14H2,(H,27,29)(H,30,31). The Bertz CT molecular complexity index is 1330. The highest BCUT2D eigenvalue weighted by molar-refractivity contribution is 7.21. The van der Waals surface area contributed by atoms with Crippen LogP contribution >= 0.6 is 22.9 Å². The number of nitrogens with one attached hydrogen (secondary N) is 1. The van der Waals surface area contributed by atoms with E-state index in [1.54, 1.807) is 36.4 Å². The molecule has 1 amide bonds. The van der Waals surface area contributed by atoms with Crippen LogP contribution in [0.3, 0.4) is 0 Å². The second kappa shape index (κ2) is 9.34. The summed E-state index contributed by atoms with van der Waals surface area (Å²) in [6.07, 6.45) is -0.103. The van der Waals surface area contributed by atoms with Crippen molar-refractivity contribution in [2.45, 2.75) is 13.0 Å². The number of carboxylic acids is 1. The molecule has 0 atom stereocenters. The van der Waals surface area contributed by atoms with Gasteiger partial charge in [0.2, 0.25) is 0 Å². The Kier molecular flexibility index (Phi) is 6.35. The Morgan fingerprint density at radius 1 is 0.938 bits per heavy atom. The number of hydrogen-bond acceptors (Lipinski definition) is 4. The number of fused-ring (bicyclic) bond motifs is 1. The van der Waals surface area contributed by atoms with E-state index in [4.69, 9.17) is 11.6 Å². The van der Waals surface area contributed by atoms with Crippen LogP contribution < -0.4 is 5.32 Å².